The zero-order chi connectivity index (χ0) is 16.5. The van der Waals surface area contributed by atoms with Crippen LogP contribution in [-0.2, 0) is 17.2 Å². The Morgan fingerprint density at radius 3 is 2.55 bits per heavy atom. The molecule has 0 fully saturated rings. The first kappa shape index (κ1) is 17.1. The van der Waals surface area contributed by atoms with E-state index < -0.39 is 27.7 Å². The summed E-state index contributed by atoms with van der Waals surface area (Å²) in [5.41, 5.74) is -0.153. The Hall–Kier alpha value is -1.31. The van der Waals surface area contributed by atoms with Gasteiger partial charge < -0.3 is 0 Å². The van der Waals surface area contributed by atoms with Crippen LogP contribution in [0.4, 0.5) is 18.9 Å². The van der Waals surface area contributed by atoms with Crippen molar-refractivity contribution in [3.8, 4) is 0 Å². The van der Waals surface area contributed by atoms with Gasteiger partial charge in [-0.1, -0.05) is 23.2 Å². The Balaban J connectivity index is 2.32. The van der Waals surface area contributed by atoms with Crippen molar-refractivity contribution in [1.82, 2.24) is 4.98 Å². The second-order valence-electron chi connectivity index (χ2n) is 4.30. The SMILES string of the molecule is Cc1ncc(Cl)cc1NS(=O)c1ccc(Cl)c(C(F)(F)F)c1. The Morgan fingerprint density at radius 2 is 1.91 bits per heavy atom. The van der Waals surface area contributed by atoms with Crippen molar-refractivity contribution in [2.75, 3.05) is 4.72 Å². The fourth-order valence-corrected chi connectivity index (χ4v) is 2.93. The summed E-state index contributed by atoms with van der Waals surface area (Å²) in [5, 5.41) is -0.133. The third kappa shape index (κ3) is 3.91. The van der Waals surface area contributed by atoms with Crippen LogP contribution in [-0.4, -0.2) is 9.19 Å². The number of aromatic nitrogens is 1. The van der Waals surface area contributed by atoms with Crippen LogP contribution in [0.2, 0.25) is 10.0 Å². The Labute approximate surface area is 137 Å². The van der Waals surface area contributed by atoms with Crippen LogP contribution in [0.3, 0.4) is 0 Å². The second-order valence-corrected chi connectivity index (χ2v) is 6.35. The summed E-state index contributed by atoms with van der Waals surface area (Å²) in [6.45, 7) is 1.65. The van der Waals surface area contributed by atoms with Crippen molar-refractivity contribution < 1.29 is 17.4 Å². The van der Waals surface area contributed by atoms with E-state index in [-0.39, 0.29) is 4.90 Å². The topological polar surface area (TPSA) is 42.0 Å². The van der Waals surface area contributed by atoms with Gasteiger partial charge in [0.2, 0.25) is 0 Å². The minimum atomic E-state index is -4.62. The first-order valence-corrected chi connectivity index (χ1v) is 7.76. The van der Waals surface area contributed by atoms with E-state index in [0.29, 0.717) is 16.4 Å². The number of hydrogen-bond donors (Lipinski definition) is 1. The maximum absolute atomic E-state index is 12.8. The number of nitrogens with one attached hydrogen (secondary N) is 1. The van der Waals surface area contributed by atoms with Gasteiger partial charge in [0.15, 0.2) is 0 Å². The number of rotatable bonds is 3. The minimum Gasteiger partial charge on any atom is -0.299 e. The smallest absolute Gasteiger partial charge is 0.299 e. The van der Waals surface area contributed by atoms with Crippen molar-refractivity contribution in [3.05, 3.63) is 51.8 Å². The van der Waals surface area contributed by atoms with Gasteiger partial charge in [-0.25, -0.2) is 4.21 Å². The lowest BCUT2D eigenvalue weighted by Gasteiger charge is -2.12. The highest BCUT2D eigenvalue weighted by Crippen LogP contribution is 2.35. The molecule has 0 saturated heterocycles. The summed E-state index contributed by atoms with van der Waals surface area (Å²) in [6.07, 6.45) is -3.21. The molecule has 1 atom stereocenters. The molecule has 0 radical (unpaired) electrons. The van der Waals surface area contributed by atoms with Gasteiger partial charge in [0.05, 0.1) is 31.9 Å². The summed E-state index contributed by atoms with van der Waals surface area (Å²) in [6, 6.07) is 4.55. The summed E-state index contributed by atoms with van der Waals surface area (Å²) >= 11 is 11.3. The highest BCUT2D eigenvalue weighted by Gasteiger charge is 2.33. The first-order valence-electron chi connectivity index (χ1n) is 5.86. The number of pyridine rings is 1. The second kappa shape index (κ2) is 6.44. The molecule has 0 saturated carbocycles. The average Bonchev–Trinajstić information content (AvgIpc) is 2.42. The van der Waals surface area contributed by atoms with Gasteiger partial charge in [0.25, 0.3) is 0 Å². The molecule has 0 aliphatic carbocycles. The van der Waals surface area contributed by atoms with Gasteiger partial charge in [-0.3, -0.25) is 9.71 Å². The number of alkyl halides is 3. The van der Waals surface area contributed by atoms with E-state index >= 15 is 0 Å². The molecule has 0 aliphatic rings. The summed E-state index contributed by atoms with van der Waals surface area (Å²) in [4.78, 5) is 3.91. The third-order valence-corrected chi connectivity index (χ3v) is 4.34. The van der Waals surface area contributed by atoms with Crippen LogP contribution in [0.5, 0.6) is 0 Å². The first-order chi connectivity index (χ1) is 10.2. The molecule has 2 rings (SSSR count). The monoisotopic (exact) mass is 368 g/mol. The van der Waals surface area contributed by atoms with Crippen LogP contribution in [0, 0.1) is 6.92 Å². The standard InChI is InChI=1S/C13H9Cl2F3N2OS/c1-7-12(4-8(14)6-19-7)20-22(21)9-2-3-11(15)10(5-9)13(16,17)18/h2-6,20H,1H3. The number of anilines is 1. The van der Waals surface area contributed by atoms with Gasteiger partial charge in [0.1, 0.15) is 11.0 Å². The van der Waals surface area contributed by atoms with E-state index in [4.69, 9.17) is 23.2 Å². The fourth-order valence-electron chi connectivity index (χ4n) is 1.61. The molecule has 0 aliphatic heterocycles. The lowest BCUT2D eigenvalue weighted by Crippen LogP contribution is -2.10. The van der Waals surface area contributed by atoms with Crippen molar-refractivity contribution >= 4 is 39.9 Å². The Morgan fingerprint density at radius 1 is 1.23 bits per heavy atom. The van der Waals surface area contributed by atoms with E-state index in [0.717, 1.165) is 12.1 Å². The van der Waals surface area contributed by atoms with Crippen LogP contribution < -0.4 is 4.72 Å². The summed E-state index contributed by atoms with van der Waals surface area (Å²) < 4.78 is 53.2. The van der Waals surface area contributed by atoms with E-state index in [2.05, 4.69) is 9.71 Å². The molecule has 9 heteroatoms. The highest BCUT2D eigenvalue weighted by molar-refractivity contribution is 7.86. The molecule has 2 aromatic rings. The lowest BCUT2D eigenvalue weighted by molar-refractivity contribution is -0.137. The van der Waals surface area contributed by atoms with Crippen molar-refractivity contribution in [3.63, 3.8) is 0 Å². The number of halogens is 5. The van der Waals surface area contributed by atoms with Gasteiger partial charge in [-0.05, 0) is 31.2 Å². The van der Waals surface area contributed by atoms with Gasteiger partial charge in [-0.15, -0.1) is 0 Å². The molecule has 0 amide bonds. The number of hydrogen-bond acceptors (Lipinski definition) is 2. The molecule has 0 spiro atoms. The van der Waals surface area contributed by atoms with E-state index in [1.165, 1.54) is 18.3 Å². The number of aryl methyl sites for hydroxylation is 1. The van der Waals surface area contributed by atoms with E-state index in [1.807, 2.05) is 0 Å². The molecule has 1 unspecified atom stereocenters. The molecule has 118 valence electrons. The average molecular weight is 369 g/mol. The Kier molecular flexibility index (Phi) is 4.99. The van der Waals surface area contributed by atoms with Crippen LogP contribution >= 0.6 is 23.2 Å². The number of nitrogens with zero attached hydrogens (tertiary/aromatic N) is 1. The van der Waals surface area contributed by atoms with Gasteiger partial charge >= 0.3 is 6.18 Å². The molecule has 0 bridgehead atoms. The largest absolute Gasteiger partial charge is 0.417 e. The molecular weight excluding hydrogens is 360 g/mol. The predicted octanol–water partition coefficient (Wildman–Crippen LogP) is 4.85. The highest BCUT2D eigenvalue weighted by atomic mass is 35.5. The molecule has 1 heterocycles. The molecular formula is C13H9Cl2F3N2OS. The van der Waals surface area contributed by atoms with Crippen LogP contribution in [0.1, 0.15) is 11.3 Å². The lowest BCUT2D eigenvalue weighted by atomic mass is 10.2. The normalized spacial score (nSPS) is 13.0. The quantitative estimate of drug-likeness (QED) is 0.841. The zero-order valence-corrected chi connectivity index (χ0v) is 13.4. The summed E-state index contributed by atoms with van der Waals surface area (Å²) in [5.74, 6) is 0. The van der Waals surface area contributed by atoms with Crippen molar-refractivity contribution in [2.24, 2.45) is 0 Å². The minimum absolute atomic E-state index is 0.0592. The third-order valence-electron chi connectivity index (χ3n) is 2.71. The summed E-state index contributed by atoms with van der Waals surface area (Å²) in [7, 11) is -1.91. The van der Waals surface area contributed by atoms with Crippen LogP contribution in [0.15, 0.2) is 35.4 Å². The van der Waals surface area contributed by atoms with Gasteiger partial charge in [-0.2, -0.15) is 13.2 Å². The van der Waals surface area contributed by atoms with Gasteiger partial charge in [0, 0.05) is 6.20 Å². The molecule has 22 heavy (non-hydrogen) atoms. The fraction of sp³-hybridized carbons (Fsp3) is 0.154. The molecule has 1 N–H and O–H groups in total. The number of benzene rings is 1. The van der Waals surface area contributed by atoms with E-state index in [9.17, 15) is 17.4 Å². The molecule has 1 aromatic carbocycles. The maximum atomic E-state index is 12.8. The predicted molar refractivity (Wildman–Crippen MR) is 80.5 cm³/mol. The van der Waals surface area contributed by atoms with Crippen molar-refractivity contribution in [2.45, 2.75) is 18.0 Å². The van der Waals surface area contributed by atoms with E-state index in [1.54, 1.807) is 6.92 Å². The maximum Gasteiger partial charge on any atom is 0.417 e. The van der Waals surface area contributed by atoms with Crippen LogP contribution in [0.25, 0.3) is 0 Å². The molecule has 3 nitrogen and oxygen atoms in total. The molecule has 1 aromatic heterocycles. The zero-order valence-electron chi connectivity index (χ0n) is 11.0. The van der Waals surface area contributed by atoms with Crippen molar-refractivity contribution in [1.29, 1.82) is 0 Å². The Bertz CT molecular complexity index is 738.